The minimum absolute atomic E-state index is 0.0552. The maximum atomic E-state index is 12.0. The third-order valence-corrected chi connectivity index (χ3v) is 5.98. The number of aryl methyl sites for hydroxylation is 2. The van der Waals surface area contributed by atoms with Crippen molar-refractivity contribution >= 4 is 47.3 Å². The fraction of sp³-hybridized carbons (Fsp3) is 0.417. The van der Waals surface area contributed by atoms with Crippen LogP contribution in [0.25, 0.3) is 0 Å². The van der Waals surface area contributed by atoms with Gasteiger partial charge in [-0.1, -0.05) is 15.9 Å². The summed E-state index contributed by atoms with van der Waals surface area (Å²) in [6, 6.07) is 3.79. The van der Waals surface area contributed by atoms with E-state index >= 15 is 0 Å². The molecule has 0 spiro atoms. The Labute approximate surface area is 125 Å². The molecule has 2 rings (SSSR count). The SMILES string of the molecule is Cc1cc(N2CC(S(=O)(=O)Cl)CC2=O)c(C)cc1Br. The Hall–Kier alpha value is -0.590. The van der Waals surface area contributed by atoms with E-state index in [1.807, 2.05) is 26.0 Å². The number of carbonyl (C=O) groups excluding carboxylic acids is 1. The molecule has 1 atom stereocenters. The van der Waals surface area contributed by atoms with Crippen molar-refractivity contribution in [3.05, 3.63) is 27.7 Å². The van der Waals surface area contributed by atoms with E-state index in [0.29, 0.717) is 0 Å². The van der Waals surface area contributed by atoms with Crippen LogP contribution < -0.4 is 4.90 Å². The van der Waals surface area contributed by atoms with Crippen molar-refractivity contribution in [2.45, 2.75) is 25.5 Å². The number of hydrogen-bond donors (Lipinski definition) is 0. The number of nitrogens with zero attached hydrogens (tertiary/aromatic N) is 1. The Morgan fingerprint density at radius 1 is 1.32 bits per heavy atom. The van der Waals surface area contributed by atoms with E-state index in [-0.39, 0.29) is 18.9 Å². The van der Waals surface area contributed by atoms with Crippen molar-refractivity contribution in [3.8, 4) is 0 Å². The summed E-state index contributed by atoms with van der Waals surface area (Å²) >= 11 is 3.43. The van der Waals surface area contributed by atoms with E-state index in [4.69, 9.17) is 10.7 Å². The highest BCUT2D eigenvalue weighted by Gasteiger charge is 2.38. The molecule has 1 saturated heterocycles. The van der Waals surface area contributed by atoms with Gasteiger partial charge in [-0.3, -0.25) is 4.79 Å². The lowest BCUT2D eigenvalue weighted by atomic mass is 10.1. The second kappa shape index (κ2) is 5.07. The molecular weight excluding hydrogens is 354 g/mol. The van der Waals surface area contributed by atoms with E-state index < -0.39 is 14.3 Å². The van der Waals surface area contributed by atoms with E-state index in [1.165, 1.54) is 4.90 Å². The van der Waals surface area contributed by atoms with Crippen molar-refractivity contribution < 1.29 is 13.2 Å². The highest BCUT2D eigenvalue weighted by atomic mass is 79.9. The van der Waals surface area contributed by atoms with Crippen molar-refractivity contribution in [2.75, 3.05) is 11.4 Å². The predicted molar refractivity (Wildman–Crippen MR) is 79.1 cm³/mol. The van der Waals surface area contributed by atoms with Crippen molar-refractivity contribution in [1.82, 2.24) is 0 Å². The van der Waals surface area contributed by atoms with E-state index in [1.54, 1.807) is 0 Å². The van der Waals surface area contributed by atoms with Gasteiger partial charge in [-0.25, -0.2) is 8.42 Å². The largest absolute Gasteiger partial charge is 0.311 e. The topological polar surface area (TPSA) is 54.5 Å². The summed E-state index contributed by atoms with van der Waals surface area (Å²) in [4.78, 5) is 13.5. The molecule has 19 heavy (non-hydrogen) atoms. The summed E-state index contributed by atoms with van der Waals surface area (Å²) in [6.45, 7) is 3.92. The van der Waals surface area contributed by atoms with Gasteiger partial charge in [0.05, 0.1) is 0 Å². The van der Waals surface area contributed by atoms with Crippen LogP contribution in [0.4, 0.5) is 5.69 Å². The molecule has 0 saturated carbocycles. The molecule has 0 bridgehead atoms. The molecule has 0 aliphatic carbocycles. The van der Waals surface area contributed by atoms with E-state index in [0.717, 1.165) is 21.3 Å². The number of rotatable bonds is 2. The monoisotopic (exact) mass is 365 g/mol. The van der Waals surface area contributed by atoms with Gasteiger partial charge in [0.25, 0.3) is 0 Å². The molecule has 1 aromatic carbocycles. The zero-order valence-electron chi connectivity index (χ0n) is 10.5. The Bertz CT molecular complexity index is 645. The van der Waals surface area contributed by atoms with Crippen molar-refractivity contribution in [2.24, 2.45) is 0 Å². The fourth-order valence-electron chi connectivity index (χ4n) is 2.15. The van der Waals surface area contributed by atoms with Gasteiger partial charge in [-0.15, -0.1) is 0 Å². The molecule has 1 heterocycles. The van der Waals surface area contributed by atoms with Crippen molar-refractivity contribution in [1.29, 1.82) is 0 Å². The minimum Gasteiger partial charge on any atom is -0.311 e. The first-order chi connectivity index (χ1) is 8.70. The van der Waals surface area contributed by atoms with Gasteiger partial charge in [0.15, 0.2) is 0 Å². The van der Waals surface area contributed by atoms with Crippen LogP contribution >= 0.6 is 26.6 Å². The standard InChI is InChI=1S/C12H13BrClNO3S/c1-7-4-11(8(2)3-10(7)13)15-6-9(5-12(15)16)19(14,17)18/h3-4,9H,5-6H2,1-2H3. The van der Waals surface area contributed by atoms with Gasteiger partial charge in [-0.05, 0) is 37.1 Å². The zero-order valence-corrected chi connectivity index (χ0v) is 13.6. The lowest BCUT2D eigenvalue weighted by Crippen LogP contribution is -2.27. The number of halogens is 2. The zero-order chi connectivity index (χ0) is 14.4. The molecule has 0 aromatic heterocycles. The van der Waals surface area contributed by atoms with Gasteiger partial charge in [0.1, 0.15) is 5.25 Å². The van der Waals surface area contributed by atoms with Crippen LogP contribution in [-0.4, -0.2) is 26.1 Å². The Balaban J connectivity index is 2.39. The van der Waals surface area contributed by atoms with Gasteiger partial charge in [0, 0.05) is 33.8 Å². The highest BCUT2D eigenvalue weighted by molar-refractivity contribution is 9.10. The summed E-state index contributed by atoms with van der Waals surface area (Å²) in [6.07, 6.45) is -0.0552. The minimum atomic E-state index is -3.71. The van der Waals surface area contributed by atoms with Crippen LogP contribution in [0.5, 0.6) is 0 Å². The van der Waals surface area contributed by atoms with Gasteiger partial charge < -0.3 is 4.90 Å². The first-order valence-electron chi connectivity index (χ1n) is 5.70. The summed E-state index contributed by atoms with van der Waals surface area (Å²) in [7, 11) is 1.63. The first-order valence-corrected chi connectivity index (χ1v) is 8.87. The third-order valence-electron chi connectivity index (χ3n) is 3.26. The molecule has 7 heteroatoms. The molecule has 1 amide bonds. The molecule has 0 radical (unpaired) electrons. The van der Waals surface area contributed by atoms with E-state index in [9.17, 15) is 13.2 Å². The molecule has 1 aliphatic heterocycles. The van der Waals surface area contributed by atoms with Gasteiger partial charge in [0.2, 0.25) is 15.0 Å². The summed E-state index contributed by atoms with van der Waals surface area (Å²) in [5, 5.41) is -0.829. The summed E-state index contributed by atoms with van der Waals surface area (Å²) in [5.74, 6) is -0.209. The second-order valence-corrected chi connectivity index (χ2v) is 8.46. The maximum absolute atomic E-state index is 12.0. The molecule has 1 fully saturated rings. The van der Waals surface area contributed by atoms with Crippen LogP contribution in [0, 0.1) is 13.8 Å². The number of amides is 1. The second-order valence-electron chi connectivity index (χ2n) is 4.69. The normalized spacial score (nSPS) is 20.1. The summed E-state index contributed by atoms with van der Waals surface area (Å²) in [5.41, 5.74) is 2.65. The quantitative estimate of drug-likeness (QED) is 0.756. The number of carbonyl (C=O) groups is 1. The molecule has 1 unspecified atom stereocenters. The average molecular weight is 367 g/mol. The van der Waals surface area contributed by atoms with Crippen LogP contribution in [-0.2, 0) is 13.8 Å². The molecule has 1 aromatic rings. The number of hydrogen-bond acceptors (Lipinski definition) is 3. The molecular formula is C12H13BrClNO3S. The fourth-order valence-corrected chi connectivity index (χ4v) is 3.64. The van der Waals surface area contributed by atoms with E-state index in [2.05, 4.69) is 15.9 Å². The van der Waals surface area contributed by atoms with Crippen molar-refractivity contribution in [3.63, 3.8) is 0 Å². The highest BCUT2D eigenvalue weighted by Crippen LogP contribution is 2.32. The Morgan fingerprint density at radius 2 is 1.95 bits per heavy atom. The predicted octanol–water partition coefficient (Wildman–Crippen LogP) is 2.74. The smallest absolute Gasteiger partial charge is 0.237 e. The van der Waals surface area contributed by atoms with Crippen LogP contribution in [0.3, 0.4) is 0 Å². The third kappa shape index (κ3) is 2.95. The van der Waals surface area contributed by atoms with Crippen LogP contribution in [0.15, 0.2) is 16.6 Å². The van der Waals surface area contributed by atoms with Crippen LogP contribution in [0.1, 0.15) is 17.5 Å². The van der Waals surface area contributed by atoms with Gasteiger partial charge in [-0.2, -0.15) is 0 Å². The van der Waals surface area contributed by atoms with Gasteiger partial charge >= 0.3 is 0 Å². The molecule has 4 nitrogen and oxygen atoms in total. The summed E-state index contributed by atoms with van der Waals surface area (Å²) < 4.78 is 23.6. The Morgan fingerprint density at radius 3 is 2.47 bits per heavy atom. The Kier molecular flexibility index (Phi) is 3.95. The molecule has 104 valence electrons. The lowest BCUT2D eigenvalue weighted by molar-refractivity contribution is -0.117. The number of anilines is 1. The first kappa shape index (κ1) is 14.8. The molecule has 0 N–H and O–H groups in total. The molecule has 1 aliphatic rings. The van der Waals surface area contributed by atoms with Crippen LogP contribution in [0.2, 0.25) is 0 Å². The number of benzene rings is 1. The lowest BCUT2D eigenvalue weighted by Gasteiger charge is -2.20. The average Bonchev–Trinajstić information content (AvgIpc) is 2.65. The maximum Gasteiger partial charge on any atom is 0.237 e.